The van der Waals surface area contributed by atoms with Crippen LogP contribution in [0.15, 0.2) is 48.5 Å². The SMILES string of the molecule is C[C@@H](OC(=O)CCC(=O)c1ccccc1)C(=O)Nc1ccc(Cl)cc1F. The largest absolute Gasteiger partial charge is 0.453 e. The standard InChI is InChI=1S/C19H17ClFNO4/c1-12(19(25)22-16-8-7-14(20)11-15(16)21)26-18(24)10-9-17(23)13-5-3-2-4-6-13/h2-8,11-12H,9-10H2,1H3,(H,22,25)/t12-/m1/s1. The highest BCUT2D eigenvalue weighted by Gasteiger charge is 2.20. The van der Waals surface area contributed by atoms with Gasteiger partial charge in [-0.05, 0) is 25.1 Å². The molecule has 1 atom stereocenters. The first-order valence-corrected chi connectivity index (χ1v) is 8.28. The molecule has 0 saturated carbocycles. The van der Waals surface area contributed by atoms with Gasteiger partial charge < -0.3 is 10.1 Å². The van der Waals surface area contributed by atoms with Crippen LogP contribution in [0.1, 0.15) is 30.1 Å². The van der Waals surface area contributed by atoms with Gasteiger partial charge in [-0.25, -0.2) is 4.39 Å². The zero-order chi connectivity index (χ0) is 19.1. The number of esters is 1. The smallest absolute Gasteiger partial charge is 0.307 e. The Hall–Kier alpha value is -2.73. The molecule has 0 aliphatic rings. The number of ketones is 1. The summed E-state index contributed by atoms with van der Waals surface area (Å²) in [5.74, 6) is -2.26. The van der Waals surface area contributed by atoms with Crippen LogP contribution >= 0.6 is 11.6 Å². The van der Waals surface area contributed by atoms with Crippen LogP contribution in [0.25, 0.3) is 0 Å². The summed E-state index contributed by atoms with van der Waals surface area (Å²) in [6.45, 7) is 1.36. The van der Waals surface area contributed by atoms with Crippen molar-refractivity contribution in [2.45, 2.75) is 25.9 Å². The number of rotatable bonds is 7. The molecule has 0 aliphatic carbocycles. The van der Waals surface area contributed by atoms with Crippen LogP contribution in [0.2, 0.25) is 5.02 Å². The molecule has 7 heteroatoms. The Bertz CT molecular complexity index is 810. The molecule has 136 valence electrons. The first-order chi connectivity index (χ1) is 12.4. The number of hydrogen-bond donors (Lipinski definition) is 1. The average Bonchev–Trinajstić information content (AvgIpc) is 2.62. The second kappa shape index (κ2) is 9.10. The monoisotopic (exact) mass is 377 g/mol. The molecule has 2 aromatic carbocycles. The molecule has 26 heavy (non-hydrogen) atoms. The number of carbonyl (C=O) groups is 3. The van der Waals surface area contributed by atoms with Gasteiger partial charge in [-0.3, -0.25) is 14.4 Å². The van der Waals surface area contributed by atoms with Crippen molar-refractivity contribution in [2.24, 2.45) is 0 Å². The minimum Gasteiger partial charge on any atom is -0.453 e. The van der Waals surface area contributed by atoms with Crippen LogP contribution in [0.5, 0.6) is 0 Å². The summed E-state index contributed by atoms with van der Waals surface area (Å²) in [5, 5.41) is 2.51. The number of ether oxygens (including phenoxy) is 1. The van der Waals surface area contributed by atoms with E-state index >= 15 is 0 Å². The van der Waals surface area contributed by atoms with Crippen molar-refractivity contribution < 1.29 is 23.5 Å². The molecule has 0 aromatic heterocycles. The van der Waals surface area contributed by atoms with Crippen molar-refractivity contribution in [1.82, 2.24) is 0 Å². The van der Waals surface area contributed by atoms with Crippen LogP contribution in [0.3, 0.4) is 0 Å². The lowest BCUT2D eigenvalue weighted by Gasteiger charge is -2.14. The summed E-state index contributed by atoms with van der Waals surface area (Å²) in [4.78, 5) is 35.7. The summed E-state index contributed by atoms with van der Waals surface area (Å²) in [7, 11) is 0. The highest BCUT2D eigenvalue weighted by Crippen LogP contribution is 2.19. The van der Waals surface area contributed by atoms with Crippen molar-refractivity contribution >= 4 is 34.9 Å². The molecular weight excluding hydrogens is 361 g/mol. The van der Waals surface area contributed by atoms with Crippen LogP contribution in [0.4, 0.5) is 10.1 Å². The molecule has 0 heterocycles. The van der Waals surface area contributed by atoms with E-state index in [1.54, 1.807) is 30.3 Å². The second-order valence-corrected chi connectivity index (χ2v) is 5.97. The van der Waals surface area contributed by atoms with Crippen molar-refractivity contribution in [3.05, 3.63) is 64.9 Å². The number of carbonyl (C=O) groups excluding carboxylic acids is 3. The number of nitrogens with one attached hydrogen (secondary N) is 1. The van der Waals surface area contributed by atoms with E-state index in [9.17, 15) is 18.8 Å². The van der Waals surface area contributed by atoms with Gasteiger partial charge >= 0.3 is 5.97 Å². The minimum atomic E-state index is -1.13. The molecule has 0 saturated heterocycles. The zero-order valence-electron chi connectivity index (χ0n) is 14.0. The van der Waals surface area contributed by atoms with E-state index in [0.717, 1.165) is 6.07 Å². The second-order valence-electron chi connectivity index (χ2n) is 5.53. The van der Waals surface area contributed by atoms with Crippen LogP contribution in [-0.4, -0.2) is 23.8 Å². The molecule has 0 radical (unpaired) electrons. The lowest BCUT2D eigenvalue weighted by molar-refractivity contribution is -0.153. The number of benzene rings is 2. The summed E-state index contributed by atoms with van der Waals surface area (Å²) < 4.78 is 18.6. The minimum absolute atomic E-state index is 0.0248. The van der Waals surface area contributed by atoms with E-state index in [1.807, 2.05) is 0 Å². The van der Waals surface area contributed by atoms with Gasteiger partial charge in [0.2, 0.25) is 0 Å². The predicted octanol–water partition coefficient (Wildman–Crippen LogP) is 4.01. The van der Waals surface area contributed by atoms with Gasteiger partial charge in [-0.2, -0.15) is 0 Å². The van der Waals surface area contributed by atoms with Gasteiger partial charge in [0.15, 0.2) is 11.9 Å². The number of amides is 1. The number of hydrogen-bond acceptors (Lipinski definition) is 4. The molecule has 0 aliphatic heterocycles. The van der Waals surface area contributed by atoms with E-state index < -0.39 is 23.8 Å². The first kappa shape index (κ1) is 19.6. The van der Waals surface area contributed by atoms with Gasteiger partial charge in [0.25, 0.3) is 5.91 Å². The van der Waals surface area contributed by atoms with Crippen molar-refractivity contribution in [1.29, 1.82) is 0 Å². The fourth-order valence-electron chi connectivity index (χ4n) is 2.12. The fraction of sp³-hybridized carbons (Fsp3) is 0.211. The van der Waals surface area contributed by atoms with Crippen LogP contribution in [-0.2, 0) is 14.3 Å². The van der Waals surface area contributed by atoms with E-state index in [2.05, 4.69) is 5.32 Å². The van der Waals surface area contributed by atoms with Gasteiger partial charge in [0.1, 0.15) is 5.82 Å². The molecule has 2 aromatic rings. The highest BCUT2D eigenvalue weighted by atomic mass is 35.5. The maximum atomic E-state index is 13.7. The summed E-state index contributed by atoms with van der Waals surface area (Å²) in [6.07, 6.45) is -1.31. The molecule has 0 bridgehead atoms. The quantitative estimate of drug-likeness (QED) is 0.584. The summed E-state index contributed by atoms with van der Waals surface area (Å²) in [5.41, 5.74) is 0.436. The Balaban J connectivity index is 1.82. The molecule has 0 fully saturated rings. The Morgan fingerprint density at radius 3 is 2.46 bits per heavy atom. The van der Waals surface area contributed by atoms with Crippen molar-refractivity contribution in [2.75, 3.05) is 5.32 Å². The average molecular weight is 378 g/mol. The Morgan fingerprint density at radius 2 is 1.81 bits per heavy atom. The number of halogens is 2. The van der Waals surface area contributed by atoms with Crippen LogP contribution < -0.4 is 5.32 Å². The van der Waals surface area contributed by atoms with E-state index in [0.29, 0.717) is 5.56 Å². The Kier molecular flexibility index (Phi) is 6.86. The third-order valence-electron chi connectivity index (χ3n) is 3.52. The zero-order valence-corrected chi connectivity index (χ0v) is 14.8. The van der Waals surface area contributed by atoms with Crippen LogP contribution in [0, 0.1) is 5.82 Å². The van der Waals surface area contributed by atoms with Gasteiger partial charge in [-0.15, -0.1) is 0 Å². The maximum absolute atomic E-state index is 13.7. The lowest BCUT2D eigenvalue weighted by Crippen LogP contribution is -2.30. The molecule has 2 rings (SSSR count). The van der Waals surface area contributed by atoms with Gasteiger partial charge in [-0.1, -0.05) is 41.9 Å². The van der Waals surface area contributed by atoms with E-state index in [-0.39, 0.29) is 29.3 Å². The maximum Gasteiger partial charge on any atom is 0.307 e. The predicted molar refractivity (Wildman–Crippen MR) is 95.6 cm³/mol. The molecule has 0 unspecified atom stereocenters. The van der Waals surface area contributed by atoms with E-state index in [1.165, 1.54) is 19.1 Å². The van der Waals surface area contributed by atoms with E-state index in [4.69, 9.17) is 16.3 Å². The summed E-state index contributed by atoms with van der Waals surface area (Å²) in [6, 6.07) is 12.4. The highest BCUT2D eigenvalue weighted by molar-refractivity contribution is 6.30. The first-order valence-electron chi connectivity index (χ1n) is 7.90. The molecule has 1 N–H and O–H groups in total. The van der Waals surface area contributed by atoms with Crippen molar-refractivity contribution in [3.8, 4) is 0 Å². The fourth-order valence-corrected chi connectivity index (χ4v) is 2.28. The molecule has 5 nitrogen and oxygen atoms in total. The summed E-state index contributed by atoms with van der Waals surface area (Å²) >= 11 is 5.64. The van der Waals surface area contributed by atoms with Crippen molar-refractivity contribution in [3.63, 3.8) is 0 Å². The molecule has 0 spiro atoms. The Morgan fingerprint density at radius 1 is 1.12 bits per heavy atom. The lowest BCUT2D eigenvalue weighted by atomic mass is 10.1. The topological polar surface area (TPSA) is 72.5 Å². The van der Waals surface area contributed by atoms with Gasteiger partial charge in [0.05, 0.1) is 12.1 Å². The third kappa shape index (κ3) is 5.67. The molecular formula is C19H17ClFNO4. The molecule has 1 amide bonds. The third-order valence-corrected chi connectivity index (χ3v) is 3.75. The number of Topliss-reactive ketones (excluding diaryl/α,β-unsaturated/α-hetero) is 1. The Labute approximate surface area is 155 Å². The van der Waals surface area contributed by atoms with Gasteiger partial charge in [0, 0.05) is 17.0 Å². The normalized spacial score (nSPS) is 11.5. The number of anilines is 1.